The molecule has 2 aliphatic rings. The molecule has 5 heteroatoms. The third-order valence-corrected chi connectivity index (χ3v) is 4.41. The van der Waals surface area contributed by atoms with Crippen molar-refractivity contribution in [3.8, 4) is 11.5 Å². The topological polar surface area (TPSA) is 56.8 Å². The predicted molar refractivity (Wildman–Crippen MR) is 88.5 cm³/mol. The molecule has 0 fully saturated rings. The van der Waals surface area contributed by atoms with Crippen LogP contribution in [0.2, 0.25) is 0 Å². The minimum absolute atomic E-state index is 0.170. The van der Waals surface area contributed by atoms with E-state index in [-0.39, 0.29) is 5.91 Å². The van der Waals surface area contributed by atoms with E-state index in [1.807, 2.05) is 44.2 Å². The van der Waals surface area contributed by atoms with Crippen LogP contribution in [0.3, 0.4) is 0 Å². The van der Waals surface area contributed by atoms with Gasteiger partial charge in [0.1, 0.15) is 13.2 Å². The molecule has 0 bridgehead atoms. The Morgan fingerprint density at radius 2 is 1.79 bits per heavy atom. The van der Waals surface area contributed by atoms with E-state index in [9.17, 15) is 4.79 Å². The Kier molecular flexibility index (Phi) is 3.46. The molecule has 0 unspecified atom stereocenters. The van der Waals surface area contributed by atoms with Gasteiger partial charge in [0.25, 0.3) is 5.91 Å². The van der Waals surface area contributed by atoms with Crippen LogP contribution in [-0.4, -0.2) is 25.7 Å². The van der Waals surface area contributed by atoms with Crippen LogP contribution in [0, 0.1) is 6.92 Å². The van der Waals surface area contributed by atoms with E-state index in [4.69, 9.17) is 14.2 Å². The van der Waals surface area contributed by atoms with Crippen molar-refractivity contribution < 1.29 is 19.0 Å². The highest BCUT2D eigenvalue weighted by Crippen LogP contribution is 2.44. The summed E-state index contributed by atoms with van der Waals surface area (Å²) in [5.74, 6) is 1.08. The van der Waals surface area contributed by atoms with Crippen LogP contribution in [0.5, 0.6) is 11.5 Å². The van der Waals surface area contributed by atoms with Gasteiger partial charge in [-0.25, -0.2) is 0 Å². The van der Waals surface area contributed by atoms with Gasteiger partial charge in [-0.15, -0.1) is 0 Å². The van der Waals surface area contributed by atoms with Crippen molar-refractivity contribution in [2.24, 2.45) is 0 Å². The van der Waals surface area contributed by atoms with Crippen LogP contribution in [0.15, 0.2) is 36.4 Å². The molecule has 0 saturated heterocycles. The molecular formula is C19H19NO4. The molecule has 0 aromatic heterocycles. The molecular weight excluding hydrogens is 306 g/mol. The molecule has 2 aromatic carbocycles. The highest BCUT2D eigenvalue weighted by Gasteiger charge is 2.46. The van der Waals surface area contributed by atoms with E-state index in [1.54, 1.807) is 6.07 Å². The lowest BCUT2D eigenvalue weighted by Crippen LogP contribution is -2.43. The highest BCUT2D eigenvalue weighted by atomic mass is 16.6. The number of ether oxygens (including phenoxy) is 3. The molecule has 1 N–H and O–H groups in total. The fourth-order valence-electron chi connectivity index (χ4n) is 3.29. The first-order valence-electron chi connectivity index (χ1n) is 8.12. The van der Waals surface area contributed by atoms with Crippen LogP contribution in [-0.2, 0) is 10.5 Å². The lowest BCUT2D eigenvalue weighted by molar-refractivity contribution is -0.0258. The Balaban J connectivity index is 1.91. The van der Waals surface area contributed by atoms with Crippen LogP contribution < -0.4 is 14.8 Å². The zero-order chi connectivity index (χ0) is 16.7. The number of carbonyl (C=O) groups excluding carboxylic acids is 1. The summed E-state index contributed by atoms with van der Waals surface area (Å²) in [6, 6.07) is 11.6. The SMILES string of the molecule is CCO[C@@]1(c2ccc(C)cc2)NC(=O)c2cc3c(cc21)OCCO3. The fraction of sp³-hybridized carbons (Fsp3) is 0.316. The van der Waals surface area contributed by atoms with Gasteiger partial charge in [-0.1, -0.05) is 29.8 Å². The minimum Gasteiger partial charge on any atom is -0.486 e. The van der Waals surface area contributed by atoms with Crippen molar-refractivity contribution in [1.29, 1.82) is 0 Å². The number of carbonyl (C=O) groups is 1. The monoisotopic (exact) mass is 325 g/mol. The van der Waals surface area contributed by atoms with Crippen LogP contribution in [0.1, 0.15) is 34.0 Å². The summed E-state index contributed by atoms with van der Waals surface area (Å²) in [4.78, 5) is 12.6. The average molecular weight is 325 g/mol. The summed E-state index contributed by atoms with van der Waals surface area (Å²) in [6.45, 7) is 5.39. The Bertz CT molecular complexity index is 800. The molecule has 2 aromatic rings. The Morgan fingerprint density at radius 3 is 2.46 bits per heavy atom. The maximum Gasteiger partial charge on any atom is 0.254 e. The van der Waals surface area contributed by atoms with E-state index >= 15 is 0 Å². The molecule has 0 spiro atoms. The zero-order valence-electron chi connectivity index (χ0n) is 13.7. The Hall–Kier alpha value is -2.53. The summed E-state index contributed by atoms with van der Waals surface area (Å²) >= 11 is 0. The molecule has 5 nitrogen and oxygen atoms in total. The Labute approximate surface area is 140 Å². The largest absolute Gasteiger partial charge is 0.486 e. The van der Waals surface area contributed by atoms with Crippen LogP contribution in [0.25, 0.3) is 0 Å². The van der Waals surface area contributed by atoms with Crippen molar-refractivity contribution in [1.82, 2.24) is 5.32 Å². The number of hydrogen-bond donors (Lipinski definition) is 1. The summed E-state index contributed by atoms with van der Waals surface area (Å²) < 4.78 is 17.4. The lowest BCUT2D eigenvalue weighted by Gasteiger charge is -2.31. The maximum atomic E-state index is 12.6. The van der Waals surface area contributed by atoms with Crippen molar-refractivity contribution >= 4 is 5.91 Å². The van der Waals surface area contributed by atoms with Crippen molar-refractivity contribution in [2.75, 3.05) is 19.8 Å². The van der Waals surface area contributed by atoms with Crippen LogP contribution >= 0.6 is 0 Å². The second-order valence-corrected chi connectivity index (χ2v) is 5.98. The normalized spacial score (nSPS) is 21.3. The molecule has 1 atom stereocenters. The van der Waals surface area contributed by atoms with Crippen molar-refractivity contribution in [3.63, 3.8) is 0 Å². The van der Waals surface area contributed by atoms with Crippen molar-refractivity contribution in [3.05, 3.63) is 58.7 Å². The standard InChI is InChI=1S/C19H19NO4/c1-3-24-19(13-6-4-12(2)5-7-13)15-11-17-16(22-8-9-23-17)10-14(15)18(21)20-19/h4-7,10-11H,3,8-9H2,1-2H3,(H,20,21)/t19-/m1/s1. The molecule has 0 aliphatic carbocycles. The molecule has 2 heterocycles. The first kappa shape index (κ1) is 15.0. The van der Waals surface area contributed by atoms with Gasteiger partial charge in [0, 0.05) is 17.7 Å². The second-order valence-electron chi connectivity index (χ2n) is 5.98. The molecule has 0 saturated carbocycles. The highest BCUT2D eigenvalue weighted by molar-refractivity contribution is 6.01. The second kappa shape index (κ2) is 5.53. The third-order valence-electron chi connectivity index (χ3n) is 4.41. The van der Waals surface area contributed by atoms with Gasteiger partial charge >= 0.3 is 0 Å². The summed E-state index contributed by atoms with van der Waals surface area (Å²) in [6.07, 6.45) is 0. The third kappa shape index (κ3) is 2.16. The van der Waals surface area contributed by atoms with Crippen LogP contribution in [0.4, 0.5) is 0 Å². The minimum atomic E-state index is -0.995. The van der Waals surface area contributed by atoms with Gasteiger partial charge in [-0.2, -0.15) is 0 Å². The first-order chi connectivity index (χ1) is 11.6. The number of fused-ring (bicyclic) bond motifs is 2. The average Bonchev–Trinajstić information content (AvgIpc) is 2.87. The van der Waals surface area contributed by atoms with Gasteiger partial charge in [-0.3, -0.25) is 4.79 Å². The van der Waals surface area contributed by atoms with Gasteiger partial charge < -0.3 is 19.5 Å². The Morgan fingerprint density at radius 1 is 1.12 bits per heavy atom. The van der Waals surface area contributed by atoms with E-state index in [0.717, 1.165) is 16.7 Å². The number of rotatable bonds is 3. The smallest absolute Gasteiger partial charge is 0.254 e. The molecule has 1 amide bonds. The molecule has 4 rings (SSSR count). The van der Waals surface area contributed by atoms with E-state index in [2.05, 4.69) is 5.32 Å². The maximum absolute atomic E-state index is 12.6. The van der Waals surface area contributed by atoms with E-state index in [0.29, 0.717) is 36.9 Å². The number of amides is 1. The quantitative estimate of drug-likeness (QED) is 0.943. The molecule has 124 valence electrons. The number of aryl methyl sites for hydroxylation is 1. The first-order valence-corrected chi connectivity index (χ1v) is 8.12. The van der Waals surface area contributed by atoms with Gasteiger partial charge in [0.05, 0.1) is 5.56 Å². The predicted octanol–water partition coefficient (Wildman–Crippen LogP) is 2.75. The van der Waals surface area contributed by atoms with E-state index < -0.39 is 5.72 Å². The van der Waals surface area contributed by atoms with Gasteiger partial charge in [0.2, 0.25) is 0 Å². The molecule has 2 aliphatic heterocycles. The number of hydrogen-bond acceptors (Lipinski definition) is 4. The van der Waals surface area contributed by atoms with Gasteiger partial charge in [-0.05, 0) is 26.0 Å². The summed E-state index contributed by atoms with van der Waals surface area (Å²) in [5, 5.41) is 3.02. The van der Waals surface area contributed by atoms with E-state index in [1.165, 1.54) is 0 Å². The fourth-order valence-corrected chi connectivity index (χ4v) is 3.29. The number of benzene rings is 2. The molecule has 0 radical (unpaired) electrons. The summed E-state index contributed by atoms with van der Waals surface area (Å²) in [7, 11) is 0. The number of nitrogens with one attached hydrogen (secondary N) is 1. The summed E-state index contributed by atoms with van der Waals surface area (Å²) in [5.41, 5.74) is 2.37. The molecule has 24 heavy (non-hydrogen) atoms. The zero-order valence-corrected chi connectivity index (χ0v) is 13.7. The lowest BCUT2D eigenvalue weighted by atomic mass is 9.93. The van der Waals surface area contributed by atoms with Crippen molar-refractivity contribution in [2.45, 2.75) is 19.6 Å². The van der Waals surface area contributed by atoms with Gasteiger partial charge in [0.15, 0.2) is 17.2 Å².